The third-order valence-corrected chi connectivity index (χ3v) is 3.97. The number of nitrogens with zero attached hydrogens (tertiary/aromatic N) is 3. The molecule has 0 amide bonds. The number of piperazine rings is 1. The molecule has 1 aliphatic rings. The number of anilines is 2. The molecular weight excluding hydrogens is 262 g/mol. The number of hydrogen-bond acceptors (Lipinski definition) is 4. The molecule has 4 heteroatoms. The highest BCUT2D eigenvalue weighted by atomic mass is 16.3. The van der Waals surface area contributed by atoms with E-state index in [4.69, 9.17) is 0 Å². The molecule has 1 N–H and O–H groups in total. The van der Waals surface area contributed by atoms with Crippen LogP contribution in [0.4, 0.5) is 11.5 Å². The van der Waals surface area contributed by atoms with Crippen molar-refractivity contribution in [2.75, 3.05) is 36.0 Å². The highest BCUT2D eigenvalue weighted by molar-refractivity contribution is 5.52. The van der Waals surface area contributed by atoms with Crippen LogP contribution in [0.15, 0.2) is 48.7 Å². The molecule has 1 aromatic heterocycles. The lowest BCUT2D eigenvalue weighted by Gasteiger charge is -2.37. The molecule has 0 bridgehead atoms. The summed E-state index contributed by atoms with van der Waals surface area (Å²) in [6, 6.07) is 14.3. The maximum Gasteiger partial charge on any atom is 0.134 e. The number of aliphatic hydroxyl groups is 1. The first-order valence-electron chi connectivity index (χ1n) is 7.43. The second-order valence-electron chi connectivity index (χ2n) is 5.40. The predicted octanol–water partition coefficient (Wildman–Crippen LogP) is 2.46. The molecule has 1 aliphatic heterocycles. The molecule has 1 aromatic carbocycles. The molecule has 0 aliphatic carbocycles. The Bertz CT molecular complexity index is 578. The van der Waals surface area contributed by atoms with Gasteiger partial charge in [-0.3, -0.25) is 0 Å². The average molecular weight is 283 g/mol. The van der Waals surface area contributed by atoms with Crippen LogP contribution in [0.2, 0.25) is 0 Å². The van der Waals surface area contributed by atoms with Crippen LogP contribution in [0.5, 0.6) is 0 Å². The Morgan fingerprint density at radius 3 is 2.29 bits per heavy atom. The van der Waals surface area contributed by atoms with E-state index in [-0.39, 0.29) is 0 Å². The minimum absolute atomic E-state index is 0.485. The first-order chi connectivity index (χ1) is 10.3. The van der Waals surface area contributed by atoms with Crippen molar-refractivity contribution in [3.8, 4) is 0 Å². The van der Waals surface area contributed by atoms with E-state index in [0.717, 1.165) is 37.6 Å². The lowest BCUT2D eigenvalue weighted by atomic mass is 10.1. The standard InChI is InChI=1S/C17H21N3O/c1-14(21)16-8-5-9-18-17(16)20-12-10-19(11-13-20)15-6-3-2-4-7-15/h2-9,14,21H,10-13H2,1H3. The van der Waals surface area contributed by atoms with Gasteiger partial charge in [-0.05, 0) is 25.1 Å². The van der Waals surface area contributed by atoms with Gasteiger partial charge in [0.05, 0.1) is 6.10 Å². The molecule has 1 fully saturated rings. The van der Waals surface area contributed by atoms with Crippen LogP contribution < -0.4 is 9.80 Å². The molecule has 1 saturated heterocycles. The van der Waals surface area contributed by atoms with Crippen molar-refractivity contribution in [3.63, 3.8) is 0 Å². The Morgan fingerprint density at radius 2 is 1.62 bits per heavy atom. The summed E-state index contributed by atoms with van der Waals surface area (Å²) < 4.78 is 0. The van der Waals surface area contributed by atoms with Crippen molar-refractivity contribution in [2.45, 2.75) is 13.0 Å². The minimum atomic E-state index is -0.485. The number of hydrogen-bond donors (Lipinski definition) is 1. The molecule has 0 saturated carbocycles. The molecule has 3 rings (SSSR count). The number of rotatable bonds is 3. The van der Waals surface area contributed by atoms with Gasteiger partial charge in [-0.15, -0.1) is 0 Å². The maximum atomic E-state index is 9.89. The highest BCUT2D eigenvalue weighted by Crippen LogP contribution is 2.25. The fourth-order valence-electron chi connectivity index (χ4n) is 2.81. The van der Waals surface area contributed by atoms with Crippen molar-refractivity contribution in [2.24, 2.45) is 0 Å². The smallest absolute Gasteiger partial charge is 0.134 e. The molecular formula is C17H21N3O. The van der Waals surface area contributed by atoms with Crippen molar-refractivity contribution in [1.29, 1.82) is 0 Å². The van der Waals surface area contributed by atoms with Crippen molar-refractivity contribution in [3.05, 3.63) is 54.2 Å². The van der Waals surface area contributed by atoms with E-state index in [1.807, 2.05) is 18.2 Å². The number of benzene rings is 1. The van der Waals surface area contributed by atoms with E-state index in [9.17, 15) is 5.11 Å². The zero-order chi connectivity index (χ0) is 14.7. The number of pyridine rings is 1. The third kappa shape index (κ3) is 3.00. The first kappa shape index (κ1) is 13.9. The van der Waals surface area contributed by atoms with Crippen LogP contribution in [0.1, 0.15) is 18.6 Å². The van der Waals surface area contributed by atoms with Gasteiger partial charge >= 0.3 is 0 Å². The van der Waals surface area contributed by atoms with E-state index in [2.05, 4.69) is 39.0 Å². The van der Waals surface area contributed by atoms with Crippen molar-refractivity contribution >= 4 is 11.5 Å². The fraction of sp³-hybridized carbons (Fsp3) is 0.353. The van der Waals surface area contributed by atoms with E-state index in [1.54, 1.807) is 13.1 Å². The third-order valence-electron chi connectivity index (χ3n) is 3.97. The SMILES string of the molecule is CC(O)c1cccnc1N1CCN(c2ccccc2)CC1. The number of aromatic nitrogens is 1. The topological polar surface area (TPSA) is 39.6 Å². The molecule has 2 aromatic rings. The lowest BCUT2D eigenvalue weighted by Crippen LogP contribution is -2.47. The normalized spacial score (nSPS) is 16.9. The van der Waals surface area contributed by atoms with E-state index in [1.165, 1.54) is 5.69 Å². The van der Waals surface area contributed by atoms with E-state index >= 15 is 0 Å². The molecule has 110 valence electrons. The van der Waals surface area contributed by atoms with E-state index < -0.39 is 6.10 Å². The minimum Gasteiger partial charge on any atom is -0.389 e. The zero-order valence-electron chi connectivity index (χ0n) is 12.3. The van der Waals surface area contributed by atoms with Crippen molar-refractivity contribution < 1.29 is 5.11 Å². The quantitative estimate of drug-likeness (QED) is 0.939. The summed E-state index contributed by atoms with van der Waals surface area (Å²) >= 11 is 0. The average Bonchev–Trinajstić information content (AvgIpc) is 2.56. The Labute approximate surface area is 125 Å². The van der Waals surface area contributed by atoms with Gasteiger partial charge in [-0.2, -0.15) is 0 Å². The van der Waals surface area contributed by atoms with Crippen LogP contribution in [-0.2, 0) is 0 Å². The summed E-state index contributed by atoms with van der Waals surface area (Å²) in [5, 5.41) is 9.89. The predicted molar refractivity (Wildman–Crippen MR) is 85.7 cm³/mol. The van der Waals surface area contributed by atoms with Gasteiger partial charge in [0.1, 0.15) is 5.82 Å². The zero-order valence-corrected chi connectivity index (χ0v) is 12.3. The summed E-state index contributed by atoms with van der Waals surface area (Å²) in [7, 11) is 0. The van der Waals surface area contributed by atoms with Crippen LogP contribution in [0, 0.1) is 0 Å². The molecule has 1 atom stereocenters. The molecule has 1 unspecified atom stereocenters. The van der Waals surface area contributed by atoms with Gasteiger partial charge in [0.15, 0.2) is 0 Å². The second-order valence-corrected chi connectivity index (χ2v) is 5.40. The summed E-state index contributed by atoms with van der Waals surface area (Å²) in [5.41, 5.74) is 2.18. The van der Waals surface area contributed by atoms with Gasteiger partial charge in [0, 0.05) is 43.6 Å². The Balaban J connectivity index is 1.72. The van der Waals surface area contributed by atoms with Gasteiger partial charge < -0.3 is 14.9 Å². The van der Waals surface area contributed by atoms with Crippen molar-refractivity contribution in [1.82, 2.24) is 4.98 Å². The van der Waals surface area contributed by atoms with E-state index in [0.29, 0.717) is 0 Å². The Morgan fingerprint density at radius 1 is 0.952 bits per heavy atom. The molecule has 2 heterocycles. The Hall–Kier alpha value is -2.07. The number of para-hydroxylation sites is 1. The molecule has 0 spiro atoms. The summed E-state index contributed by atoms with van der Waals surface area (Å²) in [4.78, 5) is 9.12. The summed E-state index contributed by atoms with van der Waals surface area (Å²) in [5.74, 6) is 0.917. The van der Waals surface area contributed by atoms with Gasteiger partial charge in [0.25, 0.3) is 0 Å². The monoisotopic (exact) mass is 283 g/mol. The Kier molecular flexibility index (Phi) is 4.06. The van der Waals surface area contributed by atoms with Gasteiger partial charge in [-0.1, -0.05) is 24.3 Å². The largest absolute Gasteiger partial charge is 0.389 e. The maximum absolute atomic E-state index is 9.89. The van der Waals surface area contributed by atoms with Crippen LogP contribution in [0.3, 0.4) is 0 Å². The second kappa shape index (κ2) is 6.14. The van der Waals surface area contributed by atoms with Crippen LogP contribution in [-0.4, -0.2) is 36.3 Å². The molecule has 4 nitrogen and oxygen atoms in total. The lowest BCUT2D eigenvalue weighted by molar-refractivity contribution is 0.199. The molecule has 21 heavy (non-hydrogen) atoms. The first-order valence-corrected chi connectivity index (χ1v) is 7.43. The summed E-state index contributed by atoms with van der Waals surface area (Å²) in [6.07, 6.45) is 1.31. The summed E-state index contributed by atoms with van der Waals surface area (Å²) in [6.45, 7) is 5.58. The highest BCUT2D eigenvalue weighted by Gasteiger charge is 2.21. The fourth-order valence-corrected chi connectivity index (χ4v) is 2.81. The van der Waals surface area contributed by atoms with Crippen LogP contribution >= 0.6 is 0 Å². The van der Waals surface area contributed by atoms with Crippen LogP contribution in [0.25, 0.3) is 0 Å². The van der Waals surface area contributed by atoms with Gasteiger partial charge in [-0.25, -0.2) is 4.98 Å². The number of aliphatic hydroxyl groups excluding tert-OH is 1. The molecule has 0 radical (unpaired) electrons. The van der Waals surface area contributed by atoms with Gasteiger partial charge in [0.2, 0.25) is 0 Å².